The minimum Gasteiger partial charge on any atom is -0.354 e. The number of benzene rings is 9. The van der Waals surface area contributed by atoms with Gasteiger partial charge in [0, 0.05) is 39.1 Å². The van der Waals surface area contributed by atoms with Gasteiger partial charge < -0.3 is 9.88 Å². The molecule has 2 heteroatoms. The zero-order chi connectivity index (χ0) is 37.2. The predicted molar refractivity (Wildman–Crippen MR) is 237 cm³/mol. The van der Waals surface area contributed by atoms with Gasteiger partial charge in [0.1, 0.15) is 0 Å². The molecule has 0 saturated carbocycles. The molecule has 3 aliphatic carbocycles. The molecular weight excluding hydrogens is 689 g/mol. The van der Waals surface area contributed by atoms with E-state index in [-0.39, 0.29) is 0 Å². The van der Waals surface area contributed by atoms with Gasteiger partial charge in [0.05, 0.1) is 11.1 Å². The van der Waals surface area contributed by atoms with Gasteiger partial charge in [0.15, 0.2) is 0 Å². The first kappa shape index (κ1) is 30.9. The fraction of sp³-hybridized carbons (Fsp3) is 0.0182. The number of hydrogen-bond acceptors (Lipinski definition) is 1. The number of fused-ring (bicyclic) bond motifs is 15. The van der Waals surface area contributed by atoms with Crippen LogP contribution in [0.4, 0.5) is 17.1 Å². The number of anilines is 3. The summed E-state index contributed by atoms with van der Waals surface area (Å²) < 4.78 is 0. The van der Waals surface area contributed by atoms with Gasteiger partial charge >= 0.3 is 0 Å². The van der Waals surface area contributed by atoms with E-state index in [9.17, 15) is 0 Å². The topological polar surface area (TPSA) is 19.0 Å². The van der Waals surface area contributed by atoms with E-state index >= 15 is 0 Å². The van der Waals surface area contributed by atoms with Crippen molar-refractivity contribution in [3.63, 3.8) is 0 Å². The fourth-order valence-corrected chi connectivity index (χ4v) is 10.7. The van der Waals surface area contributed by atoms with E-state index in [1.165, 1.54) is 99.7 Å². The minimum absolute atomic E-state index is 0.398. The molecule has 2 nitrogen and oxygen atoms in total. The molecule has 0 saturated heterocycles. The zero-order valence-corrected chi connectivity index (χ0v) is 31.0. The molecule has 0 atom stereocenters. The largest absolute Gasteiger partial charge is 0.354 e. The van der Waals surface area contributed by atoms with Gasteiger partial charge in [-0.2, -0.15) is 0 Å². The van der Waals surface area contributed by atoms with Gasteiger partial charge in [0.25, 0.3) is 0 Å². The van der Waals surface area contributed by atoms with Crippen LogP contribution >= 0.6 is 0 Å². The molecule has 0 aliphatic heterocycles. The van der Waals surface area contributed by atoms with Crippen LogP contribution in [0.2, 0.25) is 0 Å². The van der Waals surface area contributed by atoms with Crippen LogP contribution in [0.1, 0.15) is 22.3 Å². The number of nitrogens with one attached hydrogen (secondary N) is 1. The smallest absolute Gasteiger partial charge is 0.0726 e. The summed E-state index contributed by atoms with van der Waals surface area (Å²) in [6, 6.07) is 74.3. The molecule has 1 heterocycles. The third-order valence-electron chi connectivity index (χ3n) is 13.0. The summed E-state index contributed by atoms with van der Waals surface area (Å²) in [6.45, 7) is 0. The van der Waals surface area contributed by atoms with E-state index in [4.69, 9.17) is 0 Å². The summed E-state index contributed by atoms with van der Waals surface area (Å²) in [5, 5.41) is 3.91. The van der Waals surface area contributed by atoms with Crippen molar-refractivity contribution in [2.45, 2.75) is 5.41 Å². The van der Waals surface area contributed by atoms with E-state index in [1.54, 1.807) is 0 Å². The van der Waals surface area contributed by atoms with Crippen LogP contribution in [0.15, 0.2) is 200 Å². The Morgan fingerprint density at radius 1 is 0.368 bits per heavy atom. The molecule has 3 aliphatic rings. The van der Waals surface area contributed by atoms with Crippen LogP contribution in [0.25, 0.3) is 77.4 Å². The quantitative estimate of drug-likeness (QED) is 0.192. The monoisotopic (exact) mass is 722 g/mol. The number of H-pyrrole nitrogens is 1. The van der Waals surface area contributed by atoms with Crippen molar-refractivity contribution < 1.29 is 0 Å². The van der Waals surface area contributed by atoms with Gasteiger partial charge in [-0.25, -0.2) is 0 Å². The number of rotatable bonds is 4. The summed E-state index contributed by atoms with van der Waals surface area (Å²) >= 11 is 0. The molecule has 0 amide bonds. The second kappa shape index (κ2) is 11.3. The zero-order valence-electron chi connectivity index (χ0n) is 31.0. The first-order valence-corrected chi connectivity index (χ1v) is 19.8. The Labute approximate surface area is 331 Å². The Kier molecular flexibility index (Phi) is 6.13. The van der Waals surface area contributed by atoms with Crippen molar-refractivity contribution in [1.29, 1.82) is 0 Å². The molecule has 264 valence electrons. The first-order valence-electron chi connectivity index (χ1n) is 19.8. The van der Waals surface area contributed by atoms with E-state index in [1.807, 2.05) is 0 Å². The van der Waals surface area contributed by atoms with Crippen LogP contribution in [-0.4, -0.2) is 4.98 Å². The molecule has 9 aromatic carbocycles. The van der Waals surface area contributed by atoms with Gasteiger partial charge in [-0.3, -0.25) is 0 Å². The molecule has 0 radical (unpaired) electrons. The van der Waals surface area contributed by atoms with Crippen molar-refractivity contribution in [3.8, 4) is 55.8 Å². The second-order valence-corrected chi connectivity index (χ2v) is 15.7. The van der Waals surface area contributed by atoms with Crippen LogP contribution in [0.5, 0.6) is 0 Å². The fourth-order valence-electron chi connectivity index (χ4n) is 10.7. The lowest BCUT2D eigenvalue weighted by Crippen LogP contribution is -2.26. The molecule has 0 bridgehead atoms. The summed E-state index contributed by atoms with van der Waals surface area (Å²) in [5.74, 6) is 0. The standard InChI is InChI=1S/C55H34N2/c1-2-14-37(15-3-1)57(38-27-24-34(25-28-38)36-26-31-51-46(32-36)53-44-19-10-12-35-13-11-20-45(52(35)44)54(53)56-51)39-29-30-43-42-18-6-9-23-49(42)55(50(43)33-39)47-21-7-4-16-40(47)41-17-5-8-22-48(41)55/h1-33,56H. The highest BCUT2D eigenvalue weighted by Crippen LogP contribution is 2.63. The molecular formula is C55H34N2. The maximum Gasteiger partial charge on any atom is 0.0726 e. The summed E-state index contributed by atoms with van der Waals surface area (Å²) in [4.78, 5) is 6.18. The van der Waals surface area contributed by atoms with Crippen molar-refractivity contribution in [2.24, 2.45) is 0 Å². The Hall–Kier alpha value is -7.42. The number of aromatic nitrogens is 1. The second-order valence-electron chi connectivity index (χ2n) is 15.7. The van der Waals surface area contributed by atoms with Crippen LogP contribution in [0, 0.1) is 0 Å². The normalized spacial score (nSPS) is 13.4. The van der Waals surface area contributed by atoms with Crippen LogP contribution < -0.4 is 4.90 Å². The summed E-state index contributed by atoms with van der Waals surface area (Å²) in [5.41, 5.74) is 22.4. The van der Waals surface area contributed by atoms with E-state index in [0.29, 0.717) is 0 Å². The van der Waals surface area contributed by atoms with Crippen molar-refractivity contribution in [1.82, 2.24) is 4.98 Å². The maximum atomic E-state index is 3.77. The SMILES string of the molecule is c1ccc(N(c2ccc(-c3ccc4[nH]c5c(c4c3)-c3cccc4cccc-5c34)cc2)c2ccc3c(c2)C2(c4ccccc4-c4ccccc42)c2ccccc2-3)cc1. The Morgan fingerprint density at radius 2 is 0.912 bits per heavy atom. The minimum atomic E-state index is -0.398. The van der Waals surface area contributed by atoms with Crippen molar-refractivity contribution in [3.05, 3.63) is 222 Å². The number of aromatic amines is 1. The molecule has 1 aromatic heterocycles. The van der Waals surface area contributed by atoms with Gasteiger partial charge in [-0.05, 0) is 121 Å². The first-order chi connectivity index (χ1) is 28.3. The molecule has 0 unspecified atom stereocenters. The molecule has 10 aromatic rings. The van der Waals surface area contributed by atoms with Gasteiger partial charge in [0.2, 0.25) is 0 Å². The molecule has 57 heavy (non-hydrogen) atoms. The number of para-hydroxylation sites is 1. The molecule has 0 fully saturated rings. The van der Waals surface area contributed by atoms with E-state index < -0.39 is 5.41 Å². The average molecular weight is 723 g/mol. The number of nitrogens with zero attached hydrogens (tertiary/aromatic N) is 1. The summed E-state index contributed by atoms with van der Waals surface area (Å²) in [7, 11) is 0. The van der Waals surface area contributed by atoms with Gasteiger partial charge in [-0.1, -0.05) is 152 Å². The Bertz CT molecular complexity index is 3230. The van der Waals surface area contributed by atoms with Crippen LogP contribution in [0.3, 0.4) is 0 Å². The van der Waals surface area contributed by atoms with E-state index in [2.05, 4.69) is 210 Å². The molecule has 1 N–H and O–H groups in total. The highest BCUT2D eigenvalue weighted by atomic mass is 15.1. The van der Waals surface area contributed by atoms with Crippen molar-refractivity contribution >= 4 is 38.7 Å². The number of hydrogen-bond donors (Lipinski definition) is 1. The highest BCUT2D eigenvalue weighted by Gasteiger charge is 2.51. The average Bonchev–Trinajstić information content (AvgIpc) is 3.99. The predicted octanol–water partition coefficient (Wildman–Crippen LogP) is 14.4. The molecule has 13 rings (SSSR count). The Morgan fingerprint density at radius 3 is 1.60 bits per heavy atom. The summed E-state index contributed by atoms with van der Waals surface area (Å²) in [6.07, 6.45) is 0. The highest BCUT2D eigenvalue weighted by molar-refractivity contribution is 6.21. The Balaban J connectivity index is 0.953. The third-order valence-corrected chi connectivity index (χ3v) is 13.0. The van der Waals surface area contributed by atoms with Crippen LogP contribution in [-0.2, 0) is 5.41 Å². The lowest BCUT2D eigenvalue weighted by molar-refractivity contribution is 0.793. The third kappa shape index (κ3) is 4.04. The van der Waals surface area contributed by atoms with Crippen molar-refractivity contribution in [2.75, 3.05) is 4.90 Å². The van der Waals surface area contributed by atoms with Gasteiger partial charge in [-0.15, -0.1) is 0 Å². The lowest BCUT2D eigenvalue weighted by Gasteiger charge is -2.32. The van der Waals surface area contributed by atoms with E-state index in [0.717, 1.165) is 17.1 Å². The maximum absolute atomic E-state index is 3.77. The molecule has 1 spiro atoms. The lowest BCUT2D eigenvalue weighted by atomic mass is 9.70.